The molecule has 0 fully saturated rings. The van der Waals surface area contributed by atoms with Crippen LogP contribution in [0.2, 0.25) is 0 Å². The number of carbonyl (C=O) groups excluding carboxylic acids is 1. The molecule has 17 heavy (non-hydrogen) atoms. The second-order valence-corrected chi connectivity index (χ2v) is 3.77. The van der Waals surface area contributed by atoms with E-state index in [2.05, 4.69) is 15.6 Å². The maximum Gasteiger partial charge on any atom is 0.358 e. The van der Waals surface area contributed by atoms with Crippen LogP contribution >= 0.6 is 0 Å². The molecule has 1 amide bonds. The summed E-state index contributed by atoms with van der Waals surface area (Å²) >= 11 is 0. The molecule has 1 rings (SSSR count). The zero-order valence-corrected chi connectivity index (χ0v) is 9.67. The highest BCUT2D eigenvalue weighted by Crippen LogP contribution is 2.04. The SMILES string of the molecule is CC(C)NC(=O)Cn1nnc(C(=O)O)c1CN. The van der Waals surface area contributed by atoms with Crippen molar-refractivity contribution in [2.24, 2.45) is 5.73 Å². The van der Waals surface area contributed by atoms with Crippen LogP contribution in [0.4, 0.5) is 0 Å². The van der Waals surface area contributed by atoms with Crippen molar-refractivity contribution >= 4 is 11.9 Å². The second-order valence-electron chi connectivity index (χ2n) is 3.77. The molecule has 0 aliphatic heterocycles. The fourth-order valence-electron chi connectivity index (χ4n) is 1.33. The van der Waals surface area contributed by atoms with Crippen molar-refractivity contribution in [3.8, 4) is 0 Å². The van der Waals surface area contributed by atoms with Gasteiger partial charge >= 0.3 is 5.97 Å². The number of hydrogen-bond donors (Lipinski definition) is 3. The summed E-state index contributed by atoms with van der Waals surface area (Å²) in [6, 6.07) is 0.00583. The van der Waals surface area contributed by atoms with Gasteiger partial charge in [-0.05, 0) is 13.8 Å². The lowest BCUT2D eigenvalue weighted by Gasteiger charge is -2.09. The fourth-order valence-corrected chi connectivity index (χ4v) is 1.33. The Hall–Kier alpha value is -1.96. The summed E-state index contributed by atoms with van der Waals surface area (Å²) in [6.45, 7) is 3.52. The molecule has 0 aromatic carbocycles. The Kier molecular flexibility index (Phi) is 4.16. The van der Waals surface area contributed by atoms with Crippen LogP contribution in [0.25, 0.3) is 0 Å². The van der Waals surface area contributed by atoms with E-state index >= 15 is 0 Å². The van der Waals surface area contributed by atoms with Crippen LogP contribution in [0.15, 0.2) is 0 Å². The fraction of sp³-hybridized carbons (Fsp3) is 0.556. The molecule has 0 atom stereocenters. The van der Waals surface area contributed by atoms with Crippen LogP contribution in [-0.4, -0.2) is 38.0 Å². The zero-order valence-electron chi connectivity index (χ0n) is 9.67. The van der Waals surface area contributed by atoms with Gasteiger partial charge in [0.1, 0.15) is 6.54 Å². The first-order valence-corrected chi connectivity index (χ1v) is 5.10. The number of hydrogen-bond acceptors (Lipinski definition) is 5. The summed E-state index contributed by atoms with van der Waals surface area (Å²) in [5.74, 6) is -1.47. The van der Waals surface area contributed by atoms with Crippen LogP contribution < -0.4 is 11.1 Å². The lowest BCUT2D eigenvalue weighted by molar-refractivity contribution is -0.122. The highest BCUT2D eigenvalue weighted by atomic mass is 16.4. The minimum atomic E-state index is -1.21. The monoisotopic (exact) mass is 241 g/mol. The summed E-state index contributed by atoms with van der Waals surface area (Å²) in [6.07, 6.45) is 0. The zero-order chi connectivity index (χ0) is 13.0. The summed E-state index contributed by atoms with van der Waals surface area (Å²) < 4.78 is 1.20. The molecule has 1 aromatic rings. The third-order valence-electron chi connectivity index (χ3n) is 1.98. The number of rotatable bonds is 5. The van der Waals surface area contributed by atoms with Crippen molar-refractivity contribution in [3.63, 3.8) is 0 Å². The number of aromatic nitrogens is 3. The van der Waals surface area contributed by atoms with Crippen LogP contribution in [0.1, 0.15) is 30.0 Å². The molecule has 1 aromatic heterocycles. The van der Waals surface area contributed by atoms with E-state index in [9.17, 15) is 9.59 Å². The highest BCUT2D eigenvalue weighted by Gasteiger charge is 2.19. The molecule has 0 saturated carbocycles. The first kappa shape index (κ1) is 13.1. The molecule has 0 aliphatic carbocycles. The maximum atomic E-state index is 11.5. The summed E-state index contributed by atoms with van der Waals surface area (Å²) in [5, 5.41) is 18.6. The lowest BCUT2D eigenvalue weighted by Crippen LogP contribution is -2.34. The highest BCUT2D eigenvalue weighted by molar-refractivity contribution is 5.86. The van der Waals surface area contributed by atoms with Gasteiger partial charge in [-0.25, -0.2) is 9.48 Å². The van der Waals surface area contributed by atoms with Crippen LogP contribution in [0.5, 0.6) is 0 Å². The molecule has 8 nitrogen and oxygen atoms in total. The van der Waals surface area contributed by atoms with Gasteiger partial charge in [0, 0.05) is 12.6 Å². The number of carbonyl (C=O) groups is 2. The minimum Gasteiger partial charge on any atom is -0.476 e. The van der Waals surface area contributed by atoms with E-state index in [0.717, 1.165) is 0 Å². The average molecular weight is 241 g/mol. The minimum absolute atomic E-state index is 0.00583. The molecule has 0 saturated heterocycles. The van der Waals surface area contributed by atoms with Gasteiger partial charge in [0.25, 0.3) is 0 Å². The number of nitrogens with two attached hydrogens (primary N) is 1. The van der Waals surface area contributed by atoms with Crippen LogP contribution in [-0.2, 0) is 17.9 Å². The van der Waals surface area contributed by atoms with E-state index < -0.39 is 5.97 Å². The third-order valence-corrected chi connectivity index (χ3v) is 1.98. The van der Waals surface area contributed by atoms with E-state index in [1.807, 2.05) is 13.8 Å². The van der Waals surface area contributed by atoms with Gasteiger partial charge in [0.15, 0.2) is 5.69 Å². The van der Waals surface area contributed by atoms with E-state index in [-0.39, 0.29) is 36.4 Å². The lowest BCUT2D eigenvalue weighted by atomic mass is 10.3. The molecule has 0 bridgehead atoms. The quantitative estimate of drug-likeness (QED) is 0.605. The Bertz CT molecular complexity index is 426. The van der Waals surface area contributed by atoms with E-state index in [1.165, 1.54) is 4.68 Å². The molecule has 0 aliphatic rings. The van der Waals surface area contributed by atoms with Crippen molar-refractivity contribution < 1.29 is 14.7 Å². The molecule has 94 valence electrons. The molecule has 1 heterocycles. The number of aromatic carboxylic acids is 1. The van der Waals surface area contributed by atoms with Gasteiger partial charge in [-0.1, -0.05) is 5.21 Å². The standard InChI is InChI=1S/C9H15N5O3/c1-5(2)11-7(15)4-14-6(3-10)8(9(16)17)12-13-14/h5H,3-4,10H2,1-2H3,(H,11,15)(H,16,17). The molecule has 0 radical (unpaired) electrons. The predicted molar refractivity (Wildman–Crippen MR) is 58.2 cm³/mol. The Morgan fingerprint density at radius 1 is 1.53 bits per heavy atom. The summed E-state index contributed by atoms with van der Waals surface area (Å²) in [5.41, 5.74) is 5.43. The van der Waals surface area contributed by atoms with Gasteiger partial charge in [-0.3, -0.25) is 4.79 Å². The normalized spacial score (nSPS) is 10.6. The first-order valence-electron chi connectivity index (χ1n) is 5.10. The maximum absolute atomic E-state index is 11.5. The molecule has 0 spiro atoms. The molecule has 8 heteroatoms. The van der Waals surface area contributed by atoms with E-state index in [4.69, 9.17) is 10.8 Å². The molecular weight excluding hydrogens is 226 g/mol. The van der Waals surface area contributed by atoms with Gasteiger partial charge in [-0.15, -0.1) is 5.10 Å². The largest absolute Gasteiger partial charge is 0.476 e. The molecule has 4 N–H and O–H groups in total. The van der Waals surface area contributed by atoms with Gasteiger partial charge < -0.3 is 16.2 Å². The Balaban J connectivity index is 2.85. The number of amides is 1. The Morgan fingerprint density at radius 2 is 2.18 bits per heavy atom. The smallest absolute Gasteiger partial charge is 0.358 e. The van der Waals surface area contributed by atoms with Gasteiger partial charge in [0.2, 0.25) is 5.91 Å². The molecule has 0 unspecified atom stereocenters. The summed E-state index contributed by atoms with van der Waals surface area (Å²) in [4.78, 5) is 22.3. The second kappa shape index (κ2) is 5.39. The van der Waals surface area contributed by atoms with Crippen molar-refractivity contribution in [2.45, 2.75) is 33.0 Å². The van der Waals surface area contributed by atoms with Crippen LogP contribution in [0, 0.1) is 0 Å². The number of carboxylic acids is 1. The number of carboxylic acid groups (broad SMARTS) is 1. The van der Waals surface area contributed by atoms with E-state index in [1.54, 1.807) is 0 Å². The van der Waals surface area contributed by atoms with Gasteiger partial charge in [0.05, 0.1) is 5.69 Å². The number of nitrogens with one attached hydrogen (secondary N) is 1. The average Bonchev–Trinajstić information content (AvgIpc) is 2.59. The van der Waals surface area contributed by atoms with E-state index in [0.29, 0.717) is 0 Å². The first-order chi connectivity index (χ1) is 7.95. The summed E-state index contributed by atoms with van der Waals surface area (Å²) in [7, 11) is 0. The predicted octanol–water partition coefficient (Wildman–Crippen LogP) is -1.04. The number of nitrogens with zero attached hydrogens (tertiary/aromatic N) is 3. The Morgan fingerprint density at radius 3 is 2.65 bits per heavy atom. The van der Waals surface area contributed by atoms with Crippen molar-refractivity contribution in [1.29, 1.82) is 0 Å². The third kappa shape index (κ3) is 3.25. The Labute approximate surface area is 97.8 Å². The van der Waals surface area contributed by atoms with Crippen molar-refractivity contribution in [1.82, 2.24) is 20.3 Å². The van der Waals surface area contributed by atoms with Crippen molar-refractivity contribution in [2.75, 3.05) is 0 Å². The van der Waals surface area contributed by atoms with Crippen molar-refractivity contribution in [3.05, 3.63) is 11.4 Å². The van der Waals surface area contributed by atoms with Crippen LogP contribution in [0.3, 0.4) is 0 Å². The van der Waals surface area contributed by atoms with Gasteiger partial charge in [-0.2, -0.15) is 0 Å². The topological polar surface area (TPSA) is 123 Å². The molecular formula is C9H15N5O3.